The van der Waals surface area contributed by atoms with Crippen LogP contribution in [0.3, 0.4) is 0 Å². The Bertz CT molecular complexity index is 704. The highest BCUT2D eigenvalue weighted by Crippen LogP contribution is 2.19. The number of benzene rings is 2. The van der Waals surface area contributed by atoms with E-state index in [0.29, 0.717) is 5.69 Å². The van der Waals surface area contributed by atoms with E-state index in [1.54, 1.807) is 24.3 Å². The van der Waals surface area contributed by atoms with Gasteiger partial charge in [-0.05, 0) is 58.4 Å². The van der Waals surface area contributed by atoms with E-state index in [-0.39, 0.29) is 10.0 Å². The summed E-state index contributed by atoms with van der Waals surface area (Å²) in [6.45, 7) is -0.432. The molecule has 0 saturated heterocycles. The zero-order chi connectivity index (χ0) is 16.1. The molecule has 0 saturated carbocycles. The van der Waals surface area contributed by atoms with Gasteiger partial charge in [-0.2, -0.15) is 0 Å². The van der Waals surface area contributed by atoms with Gasteiger partial charge in [0.1, 0.15) is 5.82 Å². The second-order valence-corrected chi connectivity index (χ2v) is 6.03. The van der Waals surface area contributed by atoms with E-state index in [1.165, 1.54) is 6.07 Å². The zero-order valence-electron chi connectivity index (χ0n) is 11.1. The summed E-state index contributed by atoms with van der Waals surface area (Å²) >= 11 is 6.36. The van der Waals surface area contributed by atoms with Gasteiger partial charge >= 0.3 is 5.97 Å². The van der Waals surface area contributed by atoms with Crippen LogP contribution in [-0.4, -0.2) is 18.5 Å². The Kier molecular flexibility index (Phi) is 5.68. The fraction of sp³-hybridized carbons (Fsp3) is 0.0667. The molecule has 0 atom stereocenters. The second-order valence-electron chi connectivity index (χ2n) is 4.26. The van der Waals surface area contributed by atoms with E-state index in [1.807, 2.05) is 0 Å². The number of ether oxygens (including phenoxy) is 1. The summed E-state index contributed by atoms with van der Waals surface area (Å²) in [5.74, 6) is -1.65. The molecule has 0 spiro atoms. The molecule has 0 bridgehead atoms. The highest BCUT2D eigenvalue weighted by atomic mass is 79.9. The first kappa shape index (κ1) is 16.6. The Labute approximate surface area is 142 Å². The Hall–Kier alpha value is -1.73. The van der Waals surface area contributed by atoms with Gasteiger partial charge in [-0.3, -0.25) is 4.79 Å². The zero-order valence-corrected chi connectivity index (χ0v) is 14.3. The smallest absolute Gasteiger partial charge is 0.339 e. The van der Waals surface area contributed by atoms with Crippen LogP contribution < -0.4 is 5.32 Å². The van der Waals surface area contributed by atoms with Gasteiger partial charge in [0.15, 0.2) is 6.61 Å². The predicted molar refractivity (Wildman–Crippen MR) is 87.2 cm³/mol. The lowest BCUT2D eigenvalue weighted by atomic mass is 10.2. The van der Waals surface area contributed by atoms with Crippen molar-refractivity contribution in [2.24, 2.45) is 0 Å². The van der Waals surface area contributed by atoms with Gasteiger partial charge < -0.3 is 10.1 Å². The van der Waals surface area contributed by atoms with Crippen molar-refractivity contribution in [2.75, 3.05) is 11.9 Å². The molecule has 0 aliphatic rings. The molecule has 2 aromatic carbocycles. The van der Waals surface area contributed by atoms with Crippen LogP contribution >= 0.6 is 31.9 Å². The normalized spacial score (nSPS) is 10.1. The quantitative estimate of drug-likeness (QED) is 0.741. The summed E-state index contributed by atoms with van der Waals surface area (Å²) in [5, 5.41) is 2.59. The molecule has 2 aromatic rings. The Morgan fingerprint density at radius 2 is 1.77 bits per heavy atom. The first-order valence-corrected chi connectivity index (χ1v) is 7.72. The van der Waals surface area contributed by atoms with E-state index >= 15 is 0 Å². The molecular formula is C15H10Br2FNO3. The summed E-state index contributed by atoms with van der Waals surface area (Å²) in [7, 11) is 0. The minimum atomic E-state index is -0.710. The van der Waals surface area contributed by atoms with Crippen LogP contribution in [0.15, 0.2) is 51.4 Å². The Morgan fingerprint density at radius 3 is 2.41 bits per heavy atom. The fourth-order valence-corrected chi connectivity index (χ4v) is 2.37. The molecule has 2 rings (SSSR count). The van der Waals surface area contributed by atoms with Crippen molar-refractivity contribution in [3.63, 3.8) is 0 Å². The van der Waals surface area contributed by atoms with Crippen molar-refractivity contribution < 1.29 is 18.7 Å². The summed E-state index contributed by atoms with van der Waals surface area (Å²) in [4.78, 5) is 23.5. The maximum absolute atomic E-state index is 12.9. The summed E-state index contributed by atoms with van der Waals surface area (Å²) in [5.41, 5.74) is 0.741. The van der Waals surface area contributed by atoms with Gasteiger partial charge in [-0.15, -0.1) is 0 Å². The average molecular weight is 431 g/mol. The van der Waals surface area contributed by atoms with Crippen molar-refractivity contribution in [1.82, 2.24) is 0 Å². The van der Waals surface area contributed by atoms with Crippen LogP contribution in [-0.2, 0) is 9.53 Å². The number of hydrogen-bond acceptors (Lipinski definition) is 3. The van der Waals surface area contributed by atoms with Crippen LogP contribution in [0.4, 0.5) is 10.1 Å². The third kappa shape index (κ3) is 4.64. The van der Waals surface area contributed by atoms with Crippen LogP contribution in [0.1, 0.15) is 10.4 Å². The fourth-order valence-electron chi connectivity index (χ4n) is 1.59. The molecule has 7 heteroatoms. The maximum Gasteiger partial charge on any atom is 0.339 e. The molecule has 114 valence electrons. The van der Waals surface area contributed by atoms with Crippen molar-refractivity contribution in [3.8, 4) is 0 Å². The molecule has 22 heavy (non-hydrogen) atoms. The highest BCUT2D eigenvalue weighted by Gasteiger charge is 2.14. The maximum atomic E-state index is 12.9. The molecule has 0 aliphatic carbocycles. The summed E-state index contributed by atoms with van der Waals surface area (Å²) in [6, 6.07) is 10.5. The molecule has 0 unspecified atom stereocenters. The monoisotopic (exact) mass is 429 g/mol. The van der Waals surface area contributed by atoms with Gasteiger partial charge in [0.05, 0.1) is 5.56 Å². The third-order valence-corrected chi connectivity index (χ3v) is 3.80. The number of carbonyl (C=O) groups excluding carboxylic acids is 2. The topological polar surface area (TPSA) is 55.4 Å². The van der Waals surface area contributed by atoms with Crippen LogP contribution in [0.2, 0.25) is 0 Å². The van der Waals surface area contributed by atoms with Crippen LogP contribution in [0, 0.1) is 5.82 Å². The number of amides is 1. The molecule has 0 aliphatic heterocycles. The third-order valence-electron chi connectivity index (χ3n) is 2.61. The van der Waals surface area contributed by atoms with E-state index < -0.39 is 24.3 Å². The first-order valence-electron chi connectivity index (χ1n) is 6.13. The summed E-state index contributed by atoms with van der Waals surface area (Å²) < 4.78 is 19.0. The number of carbonyl (C=O) groups is 2. The SMILES string of the molecule is O=C(COC(=O)c1ccc(F)cc1Br)Nc1ccc(Br)cc1. The minimum absolute atomic E-state index is 0.151. The molecular weight excluding hydrogens is 421 g/mol. The number of esters is 1. The lowest BCUT2D eigenvalue weighted by molar-refractivity contribution is -0.119. The van der Waals surface area contributed by atoms with Gasteiger partial charge in [-0.25, -0.2) is 9.18 Å². The lowest BCUT2D eigenvalue weighted by Gasteiger charge is -2.07. The number of nitrogens with one attached hydrogen (secondary N) is 1. The molecule has 0 aromatic heterocycles. The summed E-state index contributed by atoms with van der Waals surface area (Å²) in [6.07, 6.45) is 0. The van der Waals surface area contributed by atoms with E-state index in [2.05, 4.69) is 37.2 Å². The minimum Gasteiger partial charge on any atom is -0.452 e. The van der Waals surface area contributed by atoms with Crippen molar-refractivity contribution >= 4 is 49.4 Å². The average Bonchev–Trinajstić information content (AvgIpc) is 2.47. The second kappa shape index (κ2) is 7.51. The van der Waals surface area contributed by atoms with Crippen LogP contribution in [0.5, 0.6) is 0 Å². The number of hydrogen-bond donors (Lipinski definition) is 1. The van der Waals surface area contributed by atoms with E-state index in [0.717, 1.165) is 16.6 Å². The van der Waals surface area contributed by atoms with Gasteiger partial charge in [0.25, 0.3) is 5.91 Å². The number of halogens is 3. The van der Waals surface area contributed by atoms with Gasteiger partial charge in [0.2, 0.25) is 0 Å². The van der Waals surface area contributed by atoms with E-state index in [4.69, 9.17) is 4.74 Å². The highest BCUT2D eigenvalue weighted by molar-refractivity contribution is 9.10. The first-order chi connectivity index (χ1) is 10.5. The molecule has 1 amide bonds. The van der Waals surface area contributed by atoms with Crippen molar-refractivity contribution in [3.05, 3.63) is 62.8 Å². The molecule has 0 radical (unpaired) electrons. The molecule has 4 nitrogen and oxygen atoms in total. The Balaban J connectivity index is 1.90. The largest absolute Gasteiger partial charge is 0.452 e. The lowest BCUT2D eigenvalue weighted by Crippen LogP contribution is -2.21. The van der Waals surface area contributed by atoms with E-state index in [9.17, 15) is 14.0 Å². The van der Waals surface area contributed by atoms with Crippen molar-refractivity contribution in [1.29, 1.82) is 0 Å². The van der Waals surface area contributed by atoms with Gasteiger partial charge in [-0.1, -0.05) is 15.9 Å². The Morgan fingerprint density at radius 1 is 1.09 bits per heavy atom. The van der Waals surface area contributed by atoms with Crippen LogP contribution in [0.25, 0.3) is 0 Å². The molecule has 0 heterocycles. The predicted octanol–water partition coefficient (Wildman–Crippen LogP) is 4.15. The standard InChI is InChI=1S/C15H10Br2FNO3/c16-9-1-4-11(5-2-9)19-14(20)8-22-15(21)12-6-3-10(18)7-13(12)17/h1-7H,8H2,(H,19,20). The molecule has 1 N–H and O–H groups in total. The molecule has 0 fully saturated rings. The number of rotatable bonds is 4. The van der Waals surface area contributed by atoms with Crippen molar-refractivity contribution in [2.45, 2.75) is 0 Å². The van der Waals surface area contributed by atoms with Gasteiger partial charge in [0, 0.05) is 14.6 Å². The number of anilines is 1.